The number of nitrogen functional groups attached to an aromatic ring is 2. The molecule has 8 N–H and O–H groups in total. The van der Waals surface area contributed by atoms with Crippen LogP contribution in [0.1, 0.15) is 81.7 Å². The Morgan fingerprint density at radius 2 is 1.70 bits per heavy atom. The number of piperazine rings is 1. The van der Waals surface area contributed by atoms with E-state index in [0.717, 1.165) is 65.9 Å². The van der Waals surface area contributed by atoms with Crippen LogP contribution in [-0.4, -0.2) is 111 Å². The highest BCUT2D eigenvalue weighted by Crippen LogP contribution is 2.44. The van der Waals surface area contributed by atoms with E-state index in [-0.39, 0.29) is 41.1 Å². The van der Waals surface area contributed by atoms with Crippen molar-refractivity contribution < 1.29 is 14.6 Å². The normalized spacial score (nSPS) is 22.8. The van der Waals surface area contributed by atoms with Crippen molar-refractivity contribution >= 4 is 64.1 Å². The minimum absolute atomic E-state index is 0.0721. The van der Waals surface area contributed by atoms with Crippen LogP contribution < -0.4 is 32.3 Å². The van der Waals surface area contributed by atoms with E-state index in [2.05, 4.69) is 67.7 Å². The third kappa shape index (κ3) is 9.54. The van der Waals surface area contributed by atoms with E-state index in [4.69, 9.17) is 45.1 Å². The number of rotatable bonds is 9. The molecule has 0 radical (unpaired) electrons. The van der Waals surface area contributed by atoms with E-state index in [1.165, 1.54) is 11.8 Å². The number of halogens is 2. The number of hydrogen-bond acceptors (Lipinski definition) is 15. The number of hydrogen-bond donors (Lipinski definition) is 5. The summed E-state index contributed by atoms with van der Waals surface area (Å²) in [5.41, 5.74) is 21.2. The summed E-state index contributed by atoms with van der Waals surface area (Å²) in [5, 5.41) is 15.4. The van der Waals surface area contributed by atoms with Gasteiger partial charge in [-0.15, -0.1) is 0 Å². The van der Waals surface area contributed by atoms with Gasteiger partial charge in [0.1, 0.15) is 28.8 Å². The number of carbonyl (C=O) groups excluding carboxylic acids is 1. The maximum atomic E-state index is 13.5. The van der Waals surface area contributed by atoms with Gasteiger partial charge in [-0.1, -0.05) is 67.9 Å². The Morgan fingerprint density at radius 3 is 2.35 bits per heavy atom. The van der Waals surface area contributed by atoms with Crippen molar-refractivity contribution in [2.24, 2.45) is 11.1 Å². The molecule has 1 aliphatic carbocycles. The van der Waals surface area contributed by atoms with Gasteiger partial charge >= 0.3 is 0 Å². The van der Waals surface area contributed by atoms with Crippen molar-refractivity contribution in [3.8, 4) is 0 Å². The maximum absolute atomic E-state index is 13.5. The van der Waals surface area contributed by atoms with Crippen molar-refractivity contribution in [3.05, 3.63) is 75.9 Å². The minimum atomic E-state index is -0.516. The van der Waals surface area contributed by atoms with Crippen LogP contribution in [-0.2, 0) is 9.53 Å². The van der Waals surface area contributed by atoms with Crippen molar-refractivity contribution in [2.45, 2.75) is 93.0 Å². The van der Waals surface area contributed by atoms with Gasteiger partial charge in [0, 0.05) is 85.0 Å². The second kappa shape index (κ2) is 18.9. The number of benzene rings is 1. The van der Waals surface area contributed by atoms with E-state index < -0.39 is 6.10 Å². The zero-order valence-electron chi connectivity index (χ0n) is 34.6. The number of fused-ring (bicyclic) bond motifs is 1. The van der Waals surface area contributed by atoms with Gasteiger partial charge in [-0.25, -0.2) is 24.9 Å². The van der Waals surface area contributed by atoms with Crippen LogP contribution in [0.5, 0.6) is 0 Å². The van der Waals surface area contributed by atoms with E-state index >= 15 is 0 Å². The van der Waals surface area contributed by atoms with E-state index in [1.807, 2.05) is 29.2 Å². The molecule has 1 aromatic carbocycles. The molecule has 0 saturated carbocycles. The number of nitrogens with zero attached hydrogens (tertiary/aromatic N) is 8. The average molecular weight is 880 g/mol. The molecular weight excluding hydrogens is 824 g/mol. The fourth-order valence-corrected chi connectivity index (χ4v) is 9.74. The highest BCUT2D eigenvalue weighted by atomic mass is 35.5. The Morgan fingerprint density at radius 1 is 0.983 bits per heavy atom. The molecule has 60 heavy (non-hydrogen) atoms. The molecule has 15 nitrogen and oxygen atoms in total. The first-order valence-corrected chi connectivity index (χ1v) is 22.2. The molecule has 0 bridgehead atoms. The van der Waals surface area contributed by atoms with Crippen LogP contribution in [0.15, 0.2) is 59.0 Å². The van der Waals surface area contributed by atoms with E-state index in [0.29, 0.717) is 66.1 Å². The molecule has 4 aromatic rings. The molecule has 8 rings (SSSR count). The lowest BCUT2D eigenvalue weighted by molar-refractivity contribution is -0.133. The monoisotopic (exact) mass is 878 g/mol. The number of aromatic nitrogens is 5. The van der Waals surface area contributed by atoms with Gasteiger partial charge in [0.05, 0.1) is 41.6 Å². The number of ether oxygens (including phenoxy) is 1. The fraction of sp³-hybridized carbons (Fsp3) is 0.524. The lowest BCUT2D eigenvalue weighted by Gasteiger charge is -2.41. The first-order valence-electron chi connectivity index (χ1n) is 20.6. The number of aliphatic hydroxyl groups excluding tert-OH is 1. The maximum Gasteiger partial charge on any atom is 0.231 e. The summed E-state index contributed by atoms with van der Waals surface area (Å²) in [6, 6.07) is 9.73. The number of anilines is 4. The second-order valence-electron chi connectivity index (χ2n) is 16.5. The Balaban J connectivity index is 0.000000183. The third-order valence-corrected chi connectivity index (χ3v) is 14.1. The largest absolute Gasteiger partial charge is 0.387 e. The summed E-state index contributed by atoms with van der Waals surface area (Å²) in [7, 11) is 0. The molecule has 322 valence electrons. The number of aliphatic hydroxyl groups is 1. The molecule has 5 unspecified atom stereocenters. The van der Waals surface area contributed by atoms with E-state index in [1.54, 1.807) is 24.8 Å². The Labute approximate surface area is 366 Å². The van der Waals surface area contributed by atoms with E-state index in [9.17, 15) is 9.90 Å². The molecule has 3 aromatic heterocycles. The first kappa shape index (κ1) is 44.0. The molecule has 3 fully saturated rings. The van der Waals surface area contributed by atoms with Crippen molar-refractivity contribution in [2.75, 3.05) is 73.7 Å². The molecule has 6 heterocycles. The summed E-state index contributed by atoms with van der Waals surface area (Å²) in [4.78, 5) is 42.5. The molecule has 1 spiro atoms. The lowest BCUT2D eigenvalue weighted by atomic mass is 9.73. The standard InChI is InChI=1S/C24H32ClN5O2.C18H24ClN7OS/c1-15(2)26-13-19(17-4-6-18(25)7-5-17)24(32)30-10-8-29(9-11-30)23-21-16(3)12-20(31)22(21)27-14-28-23;1-10-14(20)18(9-27-10)3-6-26(7-4-18)12-8-24-17(16(22)25-12)28-11-2-5-23-15(21)13(11)19/h4-7,14-16,19-20,26,31H,8-13H2,1-3H3;2,5,8,10,14H,3-4,6-7,9,20H2,1H3,(H2,21,23)(H2,22,25). The van der Waals surface area contributed by atoms with Crippen LogP contribution in [0.25, 0.3) is 0 Å². The molecule has 1 amide bonds. The summed E-state index contributed by atoms with van der Waals surface area (Å²) >= 11 is 13.6. The molecule has 18 heteroatoms. The lowest BCUT2D eigenvalue weighted by Crippen LogP contribution is -2.51. The molecule has 4 aliphatic rings. The average Bonchev–Trinajstić information content (AvgIpc) is 3.69. The summed E-state index contributed by atoms with van der Waals surface area (Å²) in [6.45, 7) is 14.1. The van der Waals surface area contributed by atoms with Crippen LogP contribution in [0.2, 0.25) is 10.0 Å². The van der Waals surface area contributed by atoms with Gasteiger partial charge in [-0.2, -0.15) is 0 Å². The number of pyridine rings is 1. The highest BCUT2D eigenvalue weighted by Gasteiger charge is 2.47. The van der Waals surface area contributed by atoms with Gasteiger partial charge in [0.25, 0.3) is 0 Å². The first-order chi connectivity index (χ1) is 28.7. The van der Waals surface area contributed by atoms with Crippen LogP contribution >= 0.6 is 35.0 Å². The Hall–Kier alpha value is -4.03. The van der Waals surface area contributed by atoms with Crippen LogP contribution in [0, 0.1) is 5.41 Å². The predicted molar refractivity (Wildman–Crippen MR) is 238 cm³/mol. The molecule has 3 aliphatic heterocycles. The Bertz CT molecular complexity index is 2120. The quantitative estimate of drug-likeness (QED) is 0.145. The number of piperidine rings is 1. The zero-order chi connectivity index (χ0) is 42.7. The van der Waals surface area contributed by atoms with Crippen LogP contribution in [0.4, 0.5) is 23.3 Å². The van der Waals surface area contributed by atoms with Gasteiger partial charge in [0.2, 0.25) is 5.91 Å². The molecular formula is C42H56Cl2N12O3S. The zero-order valence-corrected chi connectivity index (χ0v) is 36.9. The van der Waals surface area contributed by atoms with Gasteiger partial charge in [0.15, 0.2) is 5.82 Å². The van der Waals surface area contributed by atoms with Crippen molar-refractivity contribution in [1.29, 1.82) is 0 Å². The highest BCUT2D eigenvalue weighted by molar-refractivity contribution is 7.99. The third-order valence-electron chi connectivity index (χ3n) is 12.2. The van der Waals surface area contributed by atoms with Crippen LogP contribution in [0.3, 0.4) is 0 Å². The second-order valence-corrected chi connectivity index (χ2v) is 18.4. The van der Waals surface area contributed by atoms with Gasteiger partial charge in [-0.05, 0) is 55.9 Å². The SMILES string of the molecule is CC(C)NCC(C(=O)N1CCN(c2ncnc3c2C(C)CC3O)CC1)c1ccc(Cl)cc1.CC1OCC2(CCN(c3cnc(Sc4ccnc(N)c4Cl)c(N)n3)CC2)C1N. The number of carbonyl (C=O) groups is 1. The summed E-state index contributed by atoms with van der Waals surface area (Å²) < 4.78 is 5.79. The summed E-state index contributed by atoms with van der Waals surface area (Å²) in [5.74, 6) is 2.44. The van der Waals surface area contributed by atoms with Gasteiger partial charge in [-0.3, -0.25) is 4.79 Å². The van der Waals surface area contributed by atoms with Gasteiger partial charge < -0.3 is 47.1 Å². The number of nitrogens with two attached hydrogens (primary N) is 3. The number of nitrogens with one attached hydrogen (secondary N) is 1. The van der Waals surface area contributed by atoms with Crippen molar-refractivity contribution in [1.82, 2.24) is 35.1 Å². The molecule has 5 atom stereocenters. The topological polar surface area (TPSA) is 211 Å². The predicted octanol–water partition coefficient (Wildman–Crippen LogP) is 5.27. The minimum Gasteiger partial charge on any atom is -0.387 e. The molecule has 3 saturated heterocycles. The number of amides is 1. The van der Waals surface area contributed by atoms with Crippen molar-refractivity contribution in [3.63, 3.8) is 0 Å². The Kier molecular flexibility index (Phi) is 13.9. The smallest absolute Gasteiger partial charge is 0.231 e. The summed E-state index contributed by atoms with van der Waals surface area (Å²) in [6.07, 6.45) is 7.13. The fourth-order valence-electron chi connectivity index (χ4n) is 8.60.